The zero-order valence-corrected chi connectivity index (χ0v) is 21.5. The van der Waals surface area contributed by atoms with Gasteiger partial charge in [0.05, 0.1) is 48.7 Å². The van der Waals surface area contributed by atoms with E-state index in [1.807, 2.05) is 47.3 Å². The molecule has 0 unspecified atom stereocenters. The minimum absolute atomic E-state index is 0.733. The van der Waals surface area contributed by atoms with Gasteiger partial charge in [0.25, 0.3) is 0 Å². The molecule has 0 N–H and O–H groups in total. The summed E-state index contributed by atoms with van der Waals surface area (Å²) in [5.41, 5.74) is 12.0. The molecule has 8 rings (SSSR count). The van der Waals surface area contributed by atoms with Crippen molar-refractivity contribution in [3.63, 3.8) is 0 Å². The number of aromatic nitrogens is 7. The van der Waals surface area contributed by atoms with E-state index in [0.717, 1.165) is 74.9 Å². The number of thiazole rings is 4. The minimum Gasteiger partial charge on any atom is -0.340 e. The molecule has 0 aromatic carbocycles. The van der Waals surface area contributed by atoms with Gasteiger partial charge >= 0.3 is 0 Å². The molecule has 7 aromatic rings. The van der Waals surface area contributed by atoms with Crippen LogP contribution in [0.25, 0.3) is 65.0 Å². The van der Waals surface area contributed by atoms with Crippen LogP contribution >= 0.6 is 45.3 Å². The average Bonchev–Trinajstić information content (AvgIpc) is 3.72. The van der Waals surface area contributed by atoms with Gasteiger partial charge in [-0.1, -0.05) is 11.3 Å². The molecule has 8 nitrogen and oxygen atoms in total. The predicted molar refractivity (Wildman–Crippen MR) is 148 cm³/mol. The highest BCUT2D eigenvalue weighted by Gasteiger charge is 2.20. The Morgan fingerprint density at radius 2 is 1.78 bits per heavy atom. The molecule has 7 aromatic heterocycles. The monoisotopic (exact) mass is 540 g/mol. The topological polar surface area (TPSA) is 93.5 Å². The smallest absolute Gasteiger partial charge is 0.144 e. The molecule has 1 aliphatic rings. The second kappa shape index (κ2) is 7.90. The highest BCUT2D eigenvalue weighted by atomic mass is 32.1. The van der Waals surface area contributed by atoms with Crippen molar-refractivity contribution in [1.82, 2.24) is 34.9 Å². The van der Waals surface area contributed by atoms with Crippen molar-refractivity contribution >= 4 is 94.2 Å². The van der Waals surface area contributed by atoms with E-state index in [1.54, 1.807) is 34.0 Å². The van der Waals surface area contributed by atoms with Crippen molar-refractivity contribution in [2.45, 2.75) is 0 Å². The molecule has 0 aliphatic carbocycles. The van der Waals surface area contributed by atoms with Crippen LogP contribution in [-0.2, 0) is 0 Å². The molecular weight excluding hydrogens is 529 g/mol. The van der Waals surface area contributed by atoms with Gasteiger partial charge in [0.2, 0.25) is 0 Å². The fourth-order valence-corrected chi connectivity index (χ4v) is 7.39. The van der Waals surface area contributed by atoms with Crippen molar-refractivity contribution in [1.29, 1.82) is 0 Å². The van der Waals surface area contributed by atoms with Gasteiger partial charge in [-0.3, -0.25) is 4.98 Å². The summed E-state index contributed by atoms with van der Waals surface area (Å²) < 4.78 is 2.17. The number of hydrogen-bond acceptors (Lipinski definition) is 12. The van der Waals surface area contributed by atoms with Crippen molar-refractivity contribution in [3.05, 3.63) is 57.1 Å². The lowest BCUT2D eigenvalue weighted by atomic mass is 10.1. The van der Waals surface area contributed by atoms with Gasteiger partial charge in [-0.25, -0.2) is 29.9 Å². The highest BCUT2D eigenvalue weighted by Crippen LogP contribution is 2.39. The summed E-state index contributed by atoms with van der Waals surface area (Å²) >= 11 is 6.31. The molecule has 0 saturated carbocycles. The van der Waals surface area contributed by atoms with Gasteiger partial charge in [-0.05, 0) is 18.2 Å². The average molecular weight is 541 g/mol. The van der Waals surface area contributed by atoms with E-state index in [9.17, 15) is 0 Å². The summed E-state index contributed by atoms with van der Waals surface area (Å²) in [6.07, 6.45) is 9.86. The number of nitrogens with zero attached hydrogens (tertiary/aromatic N) is 8. The minimum atomic E-state index is 0.733. The molecule has 1 aliphatic heterocycles. The summed E-state index contributed by atoms with van der Waals surface area (Å²) in [4.78, 5) is 36.6. The van der Waals surface area contributed by atoms with Crippen LogP contribution in [0.15, 0.2) is 47.3 Å². The maximum atomic E-state index is 4.98. The van der Waals surface area contributed by atoms with Gasteiger partial charge in [0, 0.05) is 36.3 Å². The molecule has 12 heteroatoms. The van der Waals surface area contributed by atoms with Crippen LogP contribution in [-0.4, -0.2) is 41.4 Å². The third-order valence-electron chi connectivity index (χ3n) is 6.02. The van der Waals surface area contributed by atoms with Gasteiger partial charge in [-0.15, -0.1) is 34.0 Å². The third kappa shape index (κ3) is 3.12. The van der Waals surface area contributed by atoms with Crippen molar-refractivity contribution in [2.24, 2.45) is 0 Å². The Balaban J connectivity index is 1.27. The Hall–Kier alpha value is -3.71. The van der Waals surface area contributed by atoms with Crippen LogP contribution in [0, 0.1) is 0 Å². The van der Waals surface area contributed by atoms with E-state index in [2.05, 4.69) is 37.1 Å². The SMILES string of the molecule is C1=c2ncsc2=CN(c2cnc(-c3ccnc4sc(-c5cnc6scnc6c5)nc34)c3scnc23)C1. The second-order valence-corrected chi connectivity index (χ2v) is 11.6. The van der Waals surface area contributed by atoms with Crippen molar-refractivity contribution in [2.75, 3.05) is 11.4 Å². The molecule has 36 heavy (non-hydrogen) atoms. The normalized spacial score (nSPS) is 13.3. The van der Waals surface area contributed by atoms with Crippen LogP contribution in [0.3, 0.4) is 0 Å². The zero-order valence-electron chi connectivity index (χ0n) is 18.2. The Morgan fingerprint density at radius 1 is 0.833 bits per heavy atom. The lowest BCUT2D eigenvalue weighted by Gasteiger charge is -2.20. The summed E-state index contributed by atoms with van der Waals surface area (Å²) in [5, 5.41) is 1.90. The lowest BCUT2D eigenvalue weighted by Crippen LogP contribution is -2.33. The van der Waals surface area contributed by atoms with Crippen LogP contribution in [0.4, 0.5) is 5.69 Å². The van der Waals surface area contributed by atoms with Crippen LogP contribution in [0.1, 0.15) is 0 Å². The third-order valence-corrected chi connectivity index (χ3v) is 9.39. The molecule has 172 valence electrons. The summed E-state index contributed by atoms with van der Waals surface area (Å²) in [5.74, 6) is 0. The van der Waals surface area contributed by atoms with Crippen molar-refractivity contribution < 1.29 is 0 Å². The fourth-order valence-electron chi connectivity index (χ4n) is 4.33. The summed E-state index contributed by atoms with van der Waals surface area (Å²) in [6.45, 7) is 0.733. The Morgan fingerprint density at radius 3 is 2.78 bits per heavy atom. The van der Waals surface area contributed by atoms with Crippen molar-refractivity contribution in [3.8, 4) is 21.8 Å². The number of hydrogen-bond donors (Lipinski definition) is 0. The lowest BCUT2D eigenvalue weighted by molar-refractivity contribution is 1.12. The molecule has 0 bridgehead atoms. The van der Waals surface area contributed by atoms with Gasteiger partial charge < -0.3 is 4.90 Å². The summed E-state index contributed by atoms with van der Waals surface area (Å²) in [7, 11) is 0. The Kier molecular flexibility index (Phi) is 4.49. The van der Waals surface area contributed by atoms with E-state index < -0.39 is 0 Å². The quantitative estimate of drug-likeness (QED) is 0.323. The maximum absolute atomic E-state index is 4.98. The van der Waals surface area contributed by atoms with Crippen LogP contribution in [0.2, 0.25) is 0 Å². The Bertz CT molecular complexity index is 2070. The number of anilines is 1. The first-order valence-electron chi connectivity index (χ1n) is 10.9. The predicted octanol–water partition coefficient (Wildman–Crippen LogP) is 4.53. The van der Waals surface area contributed by atoms with Gasteiger partial charge in [-0.2, -0.15) is 0 Å². The maximum Gasteiger partial charge on any atom is 0.144 e. The first-order valence-corrected chi connectivity index (χ1v) is 14.3. The zero-order chi connectivity index (χ0) is 23.6. The molecule has 0 radical (unpaired) electrons. The van der Waals surface area contributed by atoms with E-state index >= 15 is 0 Å². The van der Waals surface area contributed by atoms with E-state index in [4.69, 9.17) is 15.0 Å². The largest absolute Gasteiger partial charge is 0.340 e. The van der Waals surface area contributed by atoms with Crippen LogP contribution < -0.4 is 14.8 Å². The molecule has 0 atom stereocenters. The molecular formula is C24H12N8S4. The number of pyridine rings is 3. The van der Waals surface area contributed by atoms with E-state index in [-0.39, 0.29) is 0 Å². The fraction of sp³-hybridized carbons (Fsp3) is 0.0417. The molecule has 0 spiro atoms. The second-order valence-electron chi connectivity index (χ2n) is 8.04. The molecule has 0 saturated heterocycles. The van der Waals surface area contributed by atoms with E-state index in [1.165, 1.54) is 11.3 Å². The standard InChI is InChI=1S/C24H12N8S4/c1-3-25-24-19(31-22(36-24)12-5-15-23(27-6-12)35-10-29-15)13(1)18-21-20(30-11-34-21)16(7-26-18)32-4-2-14-17(8-32)33-9-28-14/h1-3,5-11H,4H2. The molecule has 0 fully saturated rings. The highest BCUT2D eigenvalue weighted by molar-refractivity contribution is 7.21. The summed E-state index contributed by atoms with van der Waals surface area (Å²) in [6, 6.07) is 4.02. The first kappa shape index (κ1) is 20.5. The van der Waals surface area contributed by atoms with E-state index in [0.29, 0.717) is 0 Å². The van der Waals surface area contributed by atoms with Gasteiger partial charge in [0.1, 0.15) is 31.2 Å². The van der Waals surface area contributed by atoms with Crippen LogP contribution in [0.5, 0.6) is 0 Å². The number of rotatable bonds is 3. The number of fused-ring (bicyclic) bond motifs is 4. The Labute approximate surface area is 218 Å². The molecule has 0 amide bonds. The molecule has 8 heterocycles. The first-order chi connectivity index (χ1) is 17.8. The van der Waals surface area contributed by atoms with Gasteiger partial charge in [0.15, 0.2) is 0 Å².